The lowest BCUT2D eigenvalue weighted by Crippen LogP contribution is -2.19. The van der Waals surface area contributed by atoms with E-state index in [1.165, 1.54) is 0 Å². The SMILES string of the molecule is C[C@H]1C[C@H]1C(=O)Nc1cccc(C(=O)Nc2ccc(NC(N)=O)cc2)c1. The van der Waals surface area contributed by atoms with E-state index in [1.54, 1.807) is 48.5 Å². The molecule has 0 aliphatic heterocycles. The van der Waals surface area contributed by atoms with Gasteiger partial charge in [-0.05, 0) is 54.8 Å². The topological polar surface area (TPSA) is 113 Å². The Hall–Kier alpha value is -3.35. The average Bonchev–Trinajstić information content (AvgIpc) is 3.33. The minimum Gasteiger partial charge on any atom is -0.351 e. The maximum atomic E-state index is 12.4. The van der Waals surface area contributed by atoms with Crippen molar-refractivity contribution >= 4 is 34.9 Å². The van der Waals surface area contributed by atoms with Gasteiger partial charge >= 0.3 is 6.03 Å². The fraction of sp³-hybridized carbons (Fsp3) is 0.211. The van der Waals surface area contributed by atoms with Crippen molar-refractivity contribution in [2.24, 2.45) is 17.6 Å². The van der Waals surface area contributed by atoms with Crippen molar-refractivity contribution in [3.05, 3.63) is 54.1 Å². The average molecular weight is 352 g/mol. The summed E-state index contributed by atoms with van der Waals surface area (Å²) in [6, 6.07) is 12.7. The third kappa shape index (κ3) is 4.38. The summed E-state index contributed by atoms with van der Waals surface area (Å²) in [5.74, 6) is 0.192. The third-order valence-electron chi connectivity index (χ3n) is 4.25. The van der Waals surface area contributed by atoms with Gasteiger partial charge in [-0.25, -0.2) is 4.79 Å². The van der Waals surface area contributed by atoms with Gasteiger partial charge in [0.1, 0.15) is 0 Å². The minimum atomic E-state index is -0.652. The second-order valence-electron chi connectivity index (χ2n) is 6.41. The van der Waals surface area contributed by atoms with Crippen molar-refractivity contribution in [1.82, 2.24) is 0 Å². The predicted octanol–water partition coefficient (Wildman–Crippen LogP) is 3.02. The van der Waals surface area contributed by atoms with E-state index in [2.05, 4.69) is 16.0 Å². The second kappa shape index (κ2) is 7.26. The van der Waals surface area contributed by atoms with E-state index in [1.807, 2.05) is 6.92 Å². The maximum Gasteiger partial charge on any atom is 0.316 e. The Balaban J connectivity index is 1.63. The standard InChI is InChI=1S/C19H20N4O3/c1-11-9-16(11)18(25)22-15-4-2-3-12(10-15)17(24)21-13-5-7-14(8-6-13)23-19(20)26/h2-8,10-11,16H,9H2,1H3,(H,21,24)(H,22,25)(H3,20,23,26)/t11-,16+/m0/s1. The van der Waals surface area contributed by atoms with Crippen molar-refractivity contribution in [2.75, 3.05) is 16.0 Å². The van der Waals surface area contributed by atoms with Crippen LogP contribution in [0.3, 0.4) is 0 Å². The van der Waals surface area contributed by atoms with E-state index in [9.17, 15) is 14.4 Å². The van der Waals surface area contributed by atoms with Crippen LogP contribution in [-0.2, 0) is 4.79 Å². The van der Waals surface area contributed by atoms with Crippen molar-refractivity contribution < 1.29 is 14.4 Å². The van der Waals surface area contributed by atoms with Crippen molar-refractivity contribution in [3.63, 3.8) is 0 Å². The largest absolute Gasteiger partial charge is 0.351 e. The van der Waals surface area contributed by atoms with Gasteiger partial charge in [0.25, 0.3) is 5.91 Å². The fourth-order valence-corrected chi connectivity index (χ4v) is 2.64. The molecule has 0 radical (unpaired) electrons. The number of urea groups is 1. The molecule has 0 heterocycles. The highest BCUT2D eigenvalue weighted by molar-refractivity contribution is 6.05. The third-order valence-corrected chi connectivity index (χ3v) is 4.25. The van der Waals surface area contributed by atoms with Gasteiger partial charge in [-0.3, -0.25) is 9.59 Å². The van der Waals surface area contributed by atoms with Gasteiger partial charge in [0.05, 0.1) is 0 Å². The molecule has 0 bridgehead atoms. The van der Waals surface area contributed by atoms with Gasteiger partial charge < -0.3 is 21.7 Å². The highest BCUT2D eigenvalue weighted by atomic mass is 16.2. The number of amides is 4. The van der Waals surface area contributed by atoms with Gasteiger partial charge in [-0.1, -0.05) is 13.0 Å². The molecule has 0 saturated heterocycles. The Kier molecular flexibility index (Phi) is 4.88. The molecule has 26 heavy (non-hydrogen) atoms. The van der Waals surface area contributed by atoms with Gasteiger partial charge in [0, 0.05) is 28.5 Å². The molecule has 1 fully saturated rings. The normalized spacial score (nSPS) is 17.9. The zero-order chi connectivity index (χ0) is 18.7. The molecule has 0 spiro atoms. The molecule has 2 aromatic carbocycles. The van der Waals surface area contributed by atoms with E-state index in [4.69, 9.17) is 5.73 Å². The Morgan fingerprint density at radius 2 is 1.54 bits per heavy atom. The van der Waals surface area contributed by atoms with Crippen LogP contribution in [0.5, 0.6) is 0 Å². The first-order valence-electron chi connectivity index (χ1n) is 8.31. The quantitative estimate of drug-likeness (QED) is 0.663. The lowest BCUT2D eigenvalue weighted by atomic mass is 10.1. The van der Waals surface area contributed by atoms with Gasteiger partial charge in [-0.15, -0.1) is 0 Å². The molecule has 2 atom stereocenters. The lowest BCUT2D eigenvalue weighted by molar-refractivity contribution is -0.117. The molecule has 5 N–H and O–H groups in total. The molecule has 1 aliphatic rings. The molecule has 0 unspecified atom stereocenters. The molecule has 1 aliphatic carbocycles. The van der Waals surface area contributed by atoms with E-state index in [0.29, 0.717) is 28.5 Å². The smallest absolute Gasteiger partial charge is 0.316 e. The number of hydrogen-bond donors (Lipinski definition) is 4. The first-order valence-corrected chi connectivity index (χ1v) is 8.31. The highest BCUT2D eigenvalue weighted by Gasteiger charge is 2.39. The Labute approximate surface area is 151 Å². The van der Waals surface area contributed by atoms with Crippen molar-refractivity contribution in [3.8, 4) is 0 Å². The molecule has 7 heteroatoms. The van der Waals surface area contributed by atoms with Crippen LogP contribution in [0.4, 0.5) is 21.9 Å². The molecule has 0 aromatic heterocycles. The molecule has 1 saturated carbocycles. The molecule has 4 amide bonds. The summed E-state index contributed by atoms with van der Waals surface area (Å²) < 4.78 is 0. The number of hydrogen-bond acceptors (Lipinski definition) is 3. The summed E-state index contributed by atoms with van der Waals surface area (Å²) in [6.07, 6.45) is 0.909. The lowest BCUT2D eigenvalue weighted by Gasteiger charge is -2.09. The van der Waals surface area contributed by atoms with Crippen LogP contribution in [0.2, 0.25) is 0 Å². The summed E-state index contributed by atoms with van der Waals surface area (Å²) in [4.78, 5) is 35.2. The van der Waals surface area contributed by atoms with Gasteiger partial charge in [0.2, 0.25) is 5.91 Å². The van der Waals surface area contributed by atoms with Crippen LogP contribution in [0.1, 0.15) is 23.7 Å². The van der Waals surface area contributed by atoms with E-state index in [-0.39, 0.29) is 17.7 Å². The predicted molar refractivity (Wildman–Crippen MR) is 99.9 cm³/mol. The molecular weight excluding hydrogens is 332 g/mol. The number of rotatable bonds is 5. The molecular formula is C19H20N4O3. The highest BCUT2D eigenvalue weighted by Crippen LogP contribution is 2.38. The number of benzene rings is 2. The summed E-state index contributed by atoms with van der Waals surface area (Å²) in [7, 11) is 0. The number of primary amides is 1. The zero-order valence-corrected chi connectivity index (χ0v) is 14.3. The summed E-state index contributed by atoms with van der Waals surface area (Å²) in [6.45, 7) is 2.04. The van der Waals surface area contributed by atoms with Crippen molar-refractivity contribution in [2.45, 2.75) is 13.3 Å². The fourth-order valence-electron chi connectivity index (χ4n) is 2.64. The molecule has 7 nitrogen and oxygen atoms in total. The second-order valence-corrected chi connectivity index (χ2v) is 6.41. The number of anilines is 3. The van der Waals surface area contributed by atoms with Crippen LogP contribution in [0.15, 0.2) is 48.5 Å². The Bertz CT molecular complexity index is 848. The first-order chi connectivity index (χ1) is 12.4. The minimum absolute atomic E-state index is 0.00685. The molecule has 2 aromatic rings. The van der Waals surface area contributed by atoms with E-state index < -0.39 is 6.03 Å². The summed E-state index contributed by atoms with van der Waals surface area (Å²) in [5, 5.41) is 8.06. The number of nitrogens with two attached hydrogens (primary N) is 1. The molecule has 134 valence electrons. The maximum absolute atomic E-state index is 12.4. The van der Waals surface area contributed by atoms with Crippen LogP contribution in [0.25, 0.3) is 0 Å². The van der Waals surface area contributed by atoms with E-state index >= 15 is 0 Å². The van der Waals surface area contributed by atoms with Crippen LogP contribution in [0, 0.1) is 11.8 Å². The van der Waals surface area contributed by atoms with Crippen LogP contribution < -0.4 is 21.7 Å². The van der Waals surface area contributed by atoms with Crippen LogP contribution >= 0.6 is 0 Å². The first kappa shape index (κ1) is 17.5. The van der Waals surface area contributed by atoms with Crippen molar-refractivity contribution in [1.29, 1.82) is 0 Å². The summed E-state index contributed by atoms with van der Waals surface area (Å²) in [5.41, 5.74) is 7.20. The number of carbonyl (C=O) groups is 3. The van der Waals surface area contributed by atoms with Crippen LogP contribution in [-0.4, -0.2) is 17.8 Å². The molecule has 3 rings (SSSR count). The number of carbonyl (C=O) groups excluding carboxylic acids is 3. The Morgan fingerprint density at radius 3 is 2.12 bits per heavy atom. The zero-order valence-electron chi connectivity index (χ0n) is 14.3. The van der Waals surface area contributed by atoms with E-state index in [0.717, 1.165) is 6.42 Å². The Morgan fingerprint density at radius 1 is 0.923 bits per heavy atom. The van der Waals surface area contributed by atoms with Gasteiger partial charge in [-0.2, -0.15) is 0 Å². The monoisotopic (exact) mass is 352 g/mol. The van der Waals surface area contributed by atoms with Gasteiger partial charge in [0.15, 0.2) is 0 Å². The summed E-state index contributed by atoms with van der Waals surface area (Å²) >= 11 is 0. The number of nitrogens with one attached hydrogen (secondary N) is 3.